The molecule has 0 fully saturated rings. The molecule has 2 aromatic rings. The van der Waals surface area contributed by atoms with E-state index in [9.17, 15) is 18.8 Å². The molecule has 0 aliphatic heterocycles. The van der Waals surface area contributed by atoms with Gasteiger partial charge in [-0.05, 0) is 17.5 Å². The van der Waals surface area contributed by atoms with Gasteiger partial charge in [0.1, 0.15) is 5.82 Å². The van der Waals surface area contributed by atoms with E-state index in [1.54, 1.807) is 23.5 Å². The van der Waals surface area contributed by atoms with Crippen LogP contribution < -0.4 is 0 Å². The van der Waals surface area contributed by atoms with Crippen LogP contribution in [0, 0.1) is 5.82 Å². The number of carboxylic acids is 3. The number of thiophene rings is 1. The topological polar surface area (TPSA) is 156 Å². The molecule has 0 radical (unpaired) electrons. The lowest BCUT2D eigenvalue weighted by molar-refractivity contribution is -0.170. The third-order valence-corrected chi connectivity index (χ3v) is 4.87. The highest BCUT2D eigenvalue weighted by atomic mass is 32.1. The van der Waals surface area contributed by atoms with Gasteiger partial charge in [-0.25, -0.2) is 9.18 Å². The molecule has 0 saturated heterocycles. The predicted octanol–water partition coefficient (Wildman–Crippen LogP) is 1.63. The summed E-state index contributed by atoms with van der Waals surface area (Å²) in [6, 6.07) is 10.8. The van der Waals surface area contributed by atoms with Crippen LogP contribution in [0.3, 0.4) is 0 Å². The van der Waals surface area contributed by atoms with E-state index < -0.39 is 36.4 Å². The Morgan fingerprint density at radius 2 is 1.58 bits per heavy atom. The van der Waals surface area contributed by atoms with Gasteiger partial charge in [-0.3, -0.25) is 14.5 Å². The highest BCUT2D eigenvalue weighted by molar-refractivity contribution is 7.09. The van der Waals surface area contributed by atoms with E-state index in [-0.39, 0.29) is 12.4 Å². The molecular formula is C20H24FNO8S. The van der Waals surface area contributed by atoms with Gasteiger partial charge in [0, 0.05) is 30.1 Å². The number of benzene rings is 1. The van der Waals surface area contributed by atoms with Gasteiger partial charge in [-0.15, -0.1) is 11.3 Å². The highest BCUT2D eigenvalue weighted by Gasteiger charge is 2.40. The molecule has 0 bridgehead atoms. The minimum absolute atomic E-state index is 0.0832. The molecule has 1 aromatic carbocycles. The first-order valence-corrected chi connectivity index (χ1v) is 9.93. The molecule has 170 valence electrons. The van der Waals surface area contributed by atoms with Crippen molar-refractivity contribution in [1.82, 2.24) is 4.90 Å². The zero-order chi connectivity index (χ0) is 23.4. The molecule has 0 amide bonds. The molecule has 0 spiro atoms. The van der Waals surface area contributed by atoms with E-state index in [0.29, 0.717) is 18.7 Å². The highest BCUT2D eigenvalue weighted by Crippen LogP contribution is 2.16. The second-order valence-electron chi connectivity index (χ2n) is 6.58. The van der Waals surface area contributed by atoms with Crippen LogP contribution in [0.15, 0.2) is 41.8 Å². The first-order chi connectivity index (χ1) is 14.6. The molecule has 0 saturated carbocycles. The van der Waals surface area contributed by atoms with Crippen molar-refractivity contribution in [1.29, 1.82) is 0 Å². The SMILES string of the molecule is O=C(O)CC(O)(CC(=O)O)C(=O)O.OCCN(Cc1cccs1)Cc1ccccc1F. The summed E-state index contributed by atoms with van der Waals surface area (Å²) in [5.74, 6) is -5.21. The number of hydrogen-bond donors (Lipinski definition) is 5. The number of carbonyl (C=O) groups is 3. The Labute approximate surface area is 181 Å². The molecule has 0 aliphatic carbocycles. The zero-order valence-corrected chi connectivity index (χ0v) is 17.3. The average Bonchev–Trinajstić information content (AvgIpc) is 3.16. The van der Waals surface area contributed by atoms with E-state index >= 15 is 0 Å². The van der Waals surface area contributed by atoms with E-state index in [0.717, 1.165) is 6.54 Å². The predicted molar refractivity (Wildman–Crippen MR) is 109 cm³/mol. The fraction of sp³-hybridized carbons (Fsp3) is 0.350. The van der Waals surface area contributed by atoms with Crippen LogP contribution >= 0.6 is 11.3 Å². The molecular weight excluding hydrogens is 433 g/mol. The number of hydrogen-bond acceptors (Lipinski definition) is 7. The van der Waals surface area contributed by atoms with Crippen LogP contribution in [-0.2, 0) is 27.5 Å². The molecule has 0 unspecified atom stereocenters. The van der Waals surface area contributed by atoms with E-state index in [2.05, 4.69) is 6.07 Å². The molecule has 0 aliphatic rings. The fourth-order valence-electron chi connectivity index (χ4n) is 2.56. The lowest BCUT2D eigenvalue weighted by atomic mass is 9.96. The summed E-state index contributed by atoms with van der Waals surface area (Å²) >= 11 is 1.67. The maximum absolute atomic E-state index is 13.6. The molecule has 2 rings (SSSR count). The molecule has 9 nitrogen and oxygen atoms in total. The van der Waals surface area contributed by atoms with E-state index in [4.69, 9.17) is 25.5 Å². The van der Waals surface area contributed by atoms with Crippen molar-refractivity contribution in [3.8, 4) is 0 Å². The summed E-state index contributed by atoms with van der Waals surface area (Å²) in [5, 5.41) is 44.9. The Kier molecular flexibility index (Phi) is 10.8. The van der Waals surface area contributed by atoms with Crippen LogP contribution in [0.5, 0.6) is 0 Å². The second-order valence-corrected chi connectivity index (χ2v) is 7.62. The van der Waals surface area contributed by atoms with Gasteiger partial charge in [-0.1, -0.05) is 24.3 Å². The van der Waals surface area contributed by atoms with Crippen molar-refractivity contribution >= 4 is 29.2 Å². The van der Waals surface area contributed by atoms with Crippen LogP contribution in [0.1, 0.15) is 23.3 Å². The van der Waals surface area contributed by atoms with Gasteiger partial charge in [0.15, 0.2) is 5.60 Å². The minimum Gasteiger partial charge on any atom is -0.481 e. The molecule has 31 heavy (non-hydrogen) atoms. The summed E-state index contributed by atoms with van der Waals surface area (Å²) in [5.41, 5.74) is -2.07. The Balaban J connectivity index is 0.000000330. The standard InChI is InChI=1S/C14H16FNOS.C6H8O7/c15-14-6-2-1-4-12(14)10-16(7-8-17)11-13-5-3-9-18-13;7-3(8)1-6(13,5(11)12)2-4(9)10/h1-6,9,17H,7-8,10-11H2;13H,1-2H2,(H,7,8)(H,9,10)(H,11,12). The average molecular weight is 457 g/mol. The van der Waals surface area contributed by atoms with Crippen molar-refractivity contribution in [3.05, 3.63) is 58.0 Å². The normalized spacial score (nSPS) is 11.0. The first kappa shape index (κ1) is 26.2. The smallest absolute Gasteiger partial charge is 0.336 e. The molecule has 0 atom stereocenters. The Morgan fingerprint density at radius 3 is 2.03 bits per heavy atom. The molecule has 5 N–H and O–H groups in total. The van der Waals surface area contributed by atoms with E-state index in [1.807, 2.05) is 22.4 Å². The third kappa shape index (κ3) is 9.66. The lowest BCUT2D eigenvalue weighted by Crippen LogP contribution is -2.42. The number of aliphatic hydroxyl groups excluding tert-OH is 1. The van der Waals surface area contributed by atoms with Gasteiger partial charge >= 0.3 is 17.9 Å². The largest absolute Gasteiger partial charge is 0.481 e. The molecule has 1 aromatic heterocycles. The maximum atomic E-state index is 13.6. The van der Waals surface area contributed by atoms with Gasteiger partial charge in [0.05, 0.1) is 19.4 Å². The number of halogens is 1. The van der Waals surface area contributed by atoms with Crippen LogP contribution in [0.4, 0.5) is 4.39 Å². The summed E-state index contributed by atoms with van der Waals surface area (Å²) in [4.78, 5) is 33.8. The van der Waals surface area contributed by atoms with E-state index in [1.165, 1.54) is 10.9 Å². The molecule has 1 heterocycles. The van der Waals surface area contributed by atoms with Gasteiger partial charge in [-0.2, -0.15) is 0 Å². The Morgan fingerprint density at radius 1 is 0.968 bits per heavy atom. The number of nitrogens with zero attached hydrogens (tertiary/aromatic N) is 1. The van der Waals surface area contributed by atoms with Gasteiger partial charge in [0.2, 0.25) is 0 Å². The first-order valence-electron chi connectivity index (χ1n) is 9.05. The van der Waals surface area contributed by atoms with Crippen molar-refractivity contribution in [2.75, 3.05) is 13.2 Å². The Bertz CT molecular complexity index is 843. The maximum Gasteiger partial charge on any atom is 0.336 e. The summed E-state index contributed by atoms with van der Waals surface area (Å²) in [6.45, 7) is 1.89. The van der Waals surface area contributed by atoms with Crippen LogP contribution in [-0.4, -0.2) is 67.1 Å². The van der Waals surface area contributed by atoms with Crippen molar-refractivity contribution in [2.45, 2.75) is 31.5 Å². The summed E-state index contributed by atoms with van der Waals surface area (Å²) in [6.07, 6.45) is -2.29. The van der Waals surface area contributed by atoms with Crippen LogP contribution in [0.2, 0.25) is 0 Å². The number of aliphatic hydroxyl groups is 2. The Hall–Kier alpha value is -2.86. The lowest BCUT2D eigenvalue weighted by Gasteiger charge is -2.20. The van der Waals surface area contributed by atoms with Gasteiger partial charge < -0.3 is 25.5 Å². The minimum atomic E-state index is -2.74. The third-order valence-electron chi connectivity index (χ3n) is 4.01. The summed E-state index contributed by atoms with van der Waals surface area (Å²) < 4.78 is 13.6. The number of rotatable bonds is 11. The van der Waals surface area contributed by atoms with Crippen molar-refractivity contribution in [2.24, 2.45) is 0 Å². The van der Waals surface area contributed by atoms with Gasteiger partial charge in [0.25, 0.3) is 0 Å². The van der Waals surface area contributed by atoms with Crippen molar-refractivity contribution in [3.63, 3.8) is 0 Å². The number of aliphatic carboxylic acids is 3. The summed E-state index contributed by atoms with van der Waals surface area (Å²) in [7, 11) is 0. The quantitative estimate of drug-likeness (QED) is 0.338. The second kappa shape index (κ2) is 12.7. The fourth-order valence-corrected chi connectivity index (χ4v) is 3.31. The monoisotopic (exact) mass is 457 g/mol. The zero-order valence-electron chi connectivity index (χ0n) is 16.5. The number of carboxylic acid groups (broad SMARTS) is 3. The molecule has 11 heteroatoms. The van der Waals surface area contributed by atoms with Crippen LogP contribution in [0.25, 0.3) is 0 Å². The van der Waals surface area contributed by atoms with Crippen molar-refractivity contribution < 1.29 is 44.3 Å².